The molecular formula is C27H22N4O5S. The zero-order valence-electron chi connectivity index (χ0n) is 19.9. The van der Waals surface area contributed by atoms with Crippen LogP contribution in [0.3, 0.4) is 0 Å². The normalized spacial score (nSPS) is 22.6. The molecule has 3 atom stereocenters. The third-order valence-corrected chi connectivity index (χ3v) is 8.66. The molecule has 0 radical (unpaired) electrons. The SMILES string of the molecule is Cc1ccccc1N1OC2C(=O)N(c3sc4c(c3C#N)CCCC4)C(=O)C2C1c1ccc([N+](=O)[O-])cc1. The van der Waals surface area contributed by atoms with Crippen LogP contribution >= 0.6 is 11.3 Å². The highest BCUT2D eigenvalue weighted by molar-refractivity contribution is 7.17. The summed E-state index contributed by atoms with van der Waals surface area (Å²) in [6, 6.07) is 15.0. The molecule has 1 aromatic heterocycles. The van der Waals surface area contributed by atoms with Crippen LogP contribution in [-0.2, 0) is 27.3 Å². The summed E-state index contributed by atoms with van der Waals surface area (Å²) in [7, 11) is 0. The van der Waals surface area contributed by atoms with Gasteiger partial charge in [-0.3, -0.25) is 24.5 Å². The van der Waals surface area contributed by atoms with Gasteiger partial charge < -0.3 is 0 Å². The van der Waals surface area contributed by atoms with Crippen LogP contribution in [0.1, 0.15) is 46.0 Å². The second kappa shape index (κ2) is 8.80. The lowest BCUT2D eigenvalue weighted by molar-refractivity contribution is -0.384. The molecule has 6 rings (SSSR count). The van der Waals surface area contributed by atoms with Gasteiger partial charge in [-0.05, 0) is 55.4 Å². The smallest absolute Gasteiger partial charge is 0.269 e. The molecule has 2 saturated heterocycles. The Morgan fingerprint density at radius 3 is 2.51 bits per heavy atom. The Hall–Kier alpha value is -4.07. The maximum Gasteiger partial charge on any atom is 0.269 e. The highest BCUT2D eigenvalue weighted by Gasteiger charge is 2.61. The first-order valence-electron chi connectivity index (χ1n) is 12.1. The first-order valence-corrected chi connectivity index (χ1v) is 12.9. The first-order chi connectivity index (χ1) is 17.9. The Bertz CT molecular complexity index is 1490. The number of nitrogens with zero attached hydrogens (tertiary/aromatic N) is 4. The number of hydrogen-bond acceptors (Lipinski definition) is 8. The Kier molecular flexibility index (Phi) is 5.55. The number of carbonyl (C=O) groups excluding carboxylic acids is 2. The Labute approximate surface area is 216 Å². The maximum atomic E-state index is 14.0. The maximum absolute atomic E-state index is 14.0. The lowest BCUT2D eigenvalue weighted by atomic mass is 9.90. The van der Waals surface area contributed by atoms with E-state index in [-0.39, 0.29) is 5.69 Å². The van der Waals surface area contributed by atoms with E-state index in [4.69, 9.17) is 4.84 Å². The van der Waals surface area contributed by atoms with Gasteiger partial charge >= 0.3 is 0 Å². The number of imide groups is 1. The summed E-state index contributed by atoms with van der Waals surface area (Å²) < 4.78 is 0. The molecule has 0 bridgehead atoms. The monoisotopic (exact) mass is 514 g/mol. The molecule has 1 aliphatic carbocycles. The topological polar surface area (TPSA) is 117 Å². The minimum Gasteiger partial charge on any atom is -0.273 e. The minimum absolute atomic E-state index is 0.0695. The highest BCUT2D eigenvalue weighted by atomic mass is 32.1. The van der Waals surface area contributed by atoms with E-state index in [2.05, 4.69) is 6.07 Å². The minimum atomic E-state index is -1.07. The van der Waals surface area contributed by atoms with E-state index < -0.39 is 34.8 Å². The van der Waals surface area contributed by atoms with Crippen LogP contribution < -0.4 is 9.96 Å². The van der Waals surface area contributed by atoms with Crippen LogP contribution in [0.5, 0.6) is 0 Å². The summed E-state index contributed by atoms with van der Waals surface area (Å²) in [4.78, 5) is 46.9. The fourth-order valence-corrected chi connectivity index (χ4v) is 6.94. The molecule has 3 heterocycles. The van der Waals surface area contributed by atoms with E-state index in [9.17, 15) is 25.0 Å². The number of hydroxylamine groups is 1. The highest BCUT2D eigenvalue weighted by Crippen LogP contribution is 2.50. The van der Waals surface area contributed by atoms with Crippen molar-refractivity contribution in [3.8, 4) is 6.07 Å². The van der Waals surface area contributed by atoms with Crippen LogP contribution in [0.4, 0.5) is 16.4 Å². The van der Waals surface area contributed by atoms with Gasteiger partial charge in [-0.25, -0.2) is 9.96 Å². The number of hydrogen-bond donors (Lipinski definition) is 0. The van der Waals surface area contributed by atoms with Crippen molar-refractivity contribution in [1.29, 1.82) is 5.26 Å². The van der Waals surface area contributed by atoms with Gasteiger partial charge in [0, 0.05) is 17.0 Å². The van der Waals surface area contributed by atoms with Crippen molar-refractivity contribution in [2.45, 2.75) is 44.8 Å². The van der Waals surface area contributed by atoms with E-state index in [0.29, 0.717) is 21.8 Å². The average molecular weight is 515 g/mol. The number of para-hydroxylation sites is 1. The lowest BCUT2D eigenvalue weighted by Gasteiger charge is -2.29. The van der Waals surface area contributed by atoms with E-state index in [0.717, 1.165) is 46.6 Å². The molecule has 186 valence electrons. The number of carbonyl (C=O) groups is 2. The first kappa shape index (κ1) is 23.3. The molecule has 2 fully saturated rings. The molecule has 10 heteroatoms. The molecule has 2 aromatic carbocycles. The number of nitro benzene ring substituents is 1. The molecule has 2 aliphatic heterocycles. The van der Waals surface area contributed by atoms with Crippen molar-refractivity contribution in [2.75, 3.05) is 9.96 Å². The third kappa shape index (κ3) is 3.54. The van der Waals surface area contributed by atoms with Crippen LogP contribution in [0, 0.1) is 34.3 Å². The Morgan fingerprint density at radius 1 is 1.08 bits per heavy atom. The van der Waals surface area contributed by atoms with E-state index in [1.807, 2.05) is 31.2 Å². The fraction of sp³-hybridized carbons (Fsp3) is 0.296. The molecule has 9 nitrogen and oxygen atoms in total. The molecular weight excluding hydrogens is 492 g/mol. The van der Waals surface area contributed by atoms with Crippen LogP contribution in [0.2, 0.25) is 0 Å². The molecule has 3 aliphatic rings. The molecule has 37 heavy (non-hydrogen) atoms. The zero-order valence-corrected chi connectivity index (χ0v) is 20.7. The van der Waals surface area contributed by atoms with Gasteiger partial charge in [-0.2, -0.15) is 5.26 Å². The number of anilines is 2. The van der Waals surface area contributed by atoms with Crippen molar-refractivity contribution in [1.82, 2.24) is 0 Å². The molecule has 2 amide bonds. The number of nitriles is 1. The average Bonchev–Trinajstić information content (AvgIpc) is 3.54. The van der Waals surface area contributed by atoms with Crippen LogP contribution in [-0.4, -0.2) is 22.8 Å². The number of non-ortho nitro benzene ring substituents is 1. The zero-order chi connectivity index (χ0) is 25.8. The van der Waals surface area contributed by atoms with Gasteiger partial charge in [0.25, 0.3) is 11.6 Å². The van der Waals surface area contributed by atoms with E-state index in [1.165, 1.54) is 23.5 Å². The van der Waals surface area contributed by atoms with Gasteiger partial charge in [-0.15, -0.1) is 11.3 Å². The van der Waals surface area contributed by atoms with Crippen LogP contribution in [0.25, 0.3) is 0 Å². The fourth-order valence-electron chi connectivity index (χ4n) is 5.59. The summed E-state index contributed by atoms with van der Waals surface area (Å²) in [5.74, 6) is -1.79. The number of fused-ring (bicyclic) bond motifs is 2. The third-order valence-electron chi connectivity index (χ3n) is 7.38. The quantitative estimate of drug-likeness (QED) is 0.280. The molecule has 3 aromatic rings. The van der Waals surface area contributed by atoms with Crippen molar-refractivity contribution >= 4 is 39.5 Å². The Morgan fingerprint density at radius 2 is 1.81 bits per heavy atom. The van der Waals surface area contributed by atoms with Gasteiger partial charge in [-0.1, -0.05) is 30.3 Å². The second-order valence-corrected chi connectivity index (χ2v) is 10.6. The summed E-state index contributed by atoms with van der Waals surface area (Å²) in [6.07, 6.45) is 2.52. The Balaban J connectivity index is 1.45. The number of rotatable bonds is 4. The predicted molar refractivity (Wildman–Crippen MR) is 136 cm³/mol. The summed E-state index contributed by atoms with van der Waals surface area (Å²) >= 11 is 1.35. The number of benzene rings is 2. The van der Waals surface area contributed by atoms with Crippen molar-refractivity contribution in [2.24, 2.45) is 5.92 Å². The van der Waals surface area contributed by atoms with Gasteiger partial charge in [0.2, 0.25) is 5.91 Å². The van der Waals surface area contributed by atoms with Gasteiger partial charge in [0.15, 0.2) is 6.10 Å². The summed E-state index contributed by atoms with van der Waals surface area (Å²) in [5.41, 5.74) is 3.50. The van der Waals surface area contributed by atoms with Crippen LogP contribution in [0.15, 0.2) is 48.5 Å². The van der Waals surface area contributed by atoms with Gasteiger partial charge in [0.05, 0.1) is 22.2 Å². The number of aryl methyl sites for hydroxylation is 2. The largest absolute Gasteiger partial charge is 0.273 e. The lowest BCUT2D eigenvalue weighted by Crippen LogP contribution is -2.37. The van der Waals surface area contributed by atoms with Crippen molar-refractivity contribution < 1.29 is 19.3 Å². The summed E-state index contributed by atoms with van der Waals surface area (Å²) in [6.45, 7) is 1.91. The number of nitro groups is 1. The van der Waals surface area contributed by atoms with E-state index >= 15 is 0 Å². The molecule has 3 unspecified atom stereocenters. The predicted octanol–water partition coefficient (Wildman–Crippen LogP) is 4.77. The molecule has 0 spiro atoms. The van der Waals surface area contributed by atoms with Crippen molar-refractivity contribution in [3.63, 3.8) is 0 Å². The van der Waals surface area contributed by atoms with E-state index in [1.54, 1.807) is 17.2 Å². The second-order valence-electron chi connectivity index (χ2n) is 9.47. The number of thiophene rings is 1. The molecule has 0 saturated carbocycles. The standard InChI is InChI=1S/C27H22N4O5S/c1-15-6-2-4-8-20(15)30-23(16-10-12-17(13-11-16)31(34)35)22-24(36-30)26(33)29(25(22)32)27-19(14-28)18-7-3-5-9-21(18)37-27/h2,4,6,8,10-13,22-24H,3,5,7,9H2,1H3. The summed E-state index contributed by atoms with van der Waals surface area (Å²) in [5, 5.41) is 23.1. The van der Waals surface area contributed by atoms with Crippen molar-refractivity contribution in [3.05, 3.63) is 85.8 Å². The van der Waals surface area contributed by atoms with Gasteiger partial charge in [0.1, 0.15) is 17.0 Å². The molecule has 0 N–H and O–H groups in total. The number of amides is 2.